The van der Waals surface area contributed by atoms with Gasteiger partial charge in [-0.15, -0.1) is 0 Å². The number of nitriles is 1. The quantitative estimate of drug-likeness (QED) is 0.337. The Balaban J connectivity index is 2.55. The number of nitro benzene ring substituents is 1. The maximum Gasteiger partial charge on any atom is 0.417 e. The fourth-order valence-corrected chi connectivity index (χ4v) is 4.12. The van der Waals surface area contributed by atoms with Gasteiger partial charge in [0.25, 0.3) is 5.69 Å². The lowest BCUT2D eigenvalue weighted by atomic mass is 9.81. The van der Waals surface area contributed by atoms with Gasteiger partial charge in [-0.1, -0.05) is 41.9 Å². The monoisotopic (exact) mass is 536 g/mol. The largest absolute Gasteiger partial charge is 0.466 e. The highest BCUT2D eigenvalue weighted by Crippen LogP contribution is 2.48. The zero-order valence-electron chi connectivity index (χ0n) is 19.0. The van der Waals surface area contributed by atoms with Crippen LogP contribution in [0.25, 0.3) is 0 Å². The van der Waals surface area contributed by atoms with Crippen LogP contribution in [0.3, 0.4) is 0 Å². The number of carbonyl (C=O) groups is 2. The molecule has 0 saturated carbocycles. The summed E-state index contributed by atoms with van der Waals surface area (Å²) in [4.78, 5) is 37.3. The zero-order chi connectivity index (χ0) is 27.7. The molecule has 1 aliphatic heterocycles. The lowest BCUT2D eigenvalue weighted by Crippen LogP contribution is -2.41. The average molecular weight is 537 g/mol. The summed E-state index contributed by atoms with van der Waals surface area (Å²) in [7, 11) is 1.88. The molecule has 10 nitrogen and oxygen atoms in total. The van der Waals surface area contributed by atoms with Gasteiger partial charge in [-0.2, -0.15) is 18.4 Å². The molecule has 0 amide bonds. The number of allylic oxidation sites excluding steroid dienone is 1. The third-order valence-electron chi connectivity index (χ3n) is 5.42. The second kappa shape index (κ2) is 10.2. The smallest absolute Gasteiger partial charge is 0.417 e. The molecule has 2 N–H and O–H groups in total. The van der Waals surface area contributed by atoms with Gasteiger partial charge in [-0.3, -0.25) is 15.0 Å². The maximum atomic E-state index is 13.7. The molecule has 0 radical (unpaired) electrons. The Bertz CT molecular complexity index is 1400. The van der Waals surface area contributed by atoms with Crippen LogP contribution < -0.4 is 10.6 Å². The minimum atomic E-state index is -5.07. The Morgan fingerprint density at radius 2 is 1.76 bits per heavy atom. The van der Waals surface area contributed by atoms with Crippen molar-refractivity contribution in [2.45, 2.75) is 12.1 Å². The van der Waals surface area contributed by atoms with E-state index in [1.807, 2.05) is 0 Å². The molecule has 1 atom stereocenters. The molecule has 3 rings (SSSR count). The number of carbonyl (C=O) groups excluding carboxylic acids is 2. The van der Waals surface area contributed by atoms with Crippen molar-refractivity contribution in [3.63, 3.8) is 0 Å². The maximum absolute atomic E-state index is 13.7. The number of hydrogen-bond donors (Lipinski definition) is 1. The second-order valence-electron chi connectivity index (χ2n) is 7.41. The van der Waals surface area contributed by atoms with Crippen LogP contribution in [0.15, 0.2) is 65.1 Å². The first-order chi connectivity index (χ1) is 17.4. The molecule has 2 aromatic rings. The number of nitrogens with zero attached hydrogens (tertiary/aromatic N) is 3. The van der Waals surface area contributed by atoms with E-state index >= 15 is 0 Å². The zero-order valence-corrected chi connectivity index (χ0v) is 19.8. The Hall–Kier alpha value is -4.57. The molecule has 1 heterocycles. The van der Waals surface area contributed by atoms with E-state index in [2.05, 4.69) is 0 Å². The first-order valence-electron chi connectivity index (χ1n) is 10.1. The third-order valence-corrected chi connectivity index (χ3v) is 5.73. The van der Waals surface area contributed by atoms with Gasteiger partial charge in [-0.05, 0) is 11.6 Å². The number of methoxy groups -OCH3 is 2. The summed E-state index contributed by atoms with van der Waals surface area (Å²) < 4.78 is 50.6. The Labute approximate surface area is 212 Å². The molecular weight excluding hydrogens is 521 g/mol. The molecule has 1 aliphatic rings. The van der Waals surface area contributed by atoms with Crippen molar-refractivity contribution in [1.29, 1.82) is 5.26 Å². The summed E-state index contributed by atoms with van der Waals surface area (Å²) in [6.45, 7) is 0. The number of anilines is 1. The van der Waals surface area contributed by atoms with Crippen molar-refractivity contribution in [3.8, 4) is 6.07 Å². The number of nitrogens with two attached hydrogens (primary N) is 1. The molecule has 0 bridgehead atoms. The number of ether oxygens (including phenoxy) is 2. The van der Waals surface area contributed by atoms with Gasteiger partial charge < -0.3 is 15.2 Å². The molecule has 0 fully saturated rings. The molecular formula is C23H16ClF3N4O6. The Kier molecular flexibility index (Phi) is 7.45. The van der Waals surface area contributed by atoms with Gasteiger partial charge >= 0.3 is 18.1 Å². The normalized spacial score (nSPS) is 15.8. The van der Waals surface area contributed by atoms with Crippen LogP contribution in [0.1, 0.15) is 17.0 Å². The highest BCUT2D eigenvalue weighted by Gasteiger charge is 2.45. The Morgan fingerprint density at radius 3 is 2.24 bits per heavy atom. The van der Waals surface area contributed by atoms with Gasteiger partial charge in [-0.25, -0.2) is 9.59 Å². The van der Waals surface area contributed by atoms with Crippen LogP contribution in [-0.4, -0.2) is 31.1 Å². The lowest BCUT2D eigenvalue weighted by Gasteiger charge is -2.35. The average Bonchev–Trinajstić information content (AvgIpc) is 2.86. The van der Waals surface area contributed by atoms with Crippen LogP contribution >= 0.6 is 11.6 Å². The van der Waals surface area contributed by atoms with Gasteiger partial charge in [0.2, 0.25) is 0 Å². The molecule has 2 aromatic carbocycles. The number of alkyl halides is 3. The van der Waals surface area contributed by atoms with Gasteiger partial charge in [0.1, 0.15) is 17.2 Å². The van der Waals surface area contributed by atoms with E-state index in [1.54, 1.807) is 24.3 Å². The topological polar surface area (TPSA) is 149 Å². The standard InChI is InChI=1S/C23H16ClF3N4O6/c1-36-21(32)18-17(11-6-4-3-5-7-11)12(10-28)20(29)30(19(18)22(33)37-2)15-8-13(23(25,26)27)14(24)9-16(15)31(34)35/h3-9,17H,29H2,1-2H3. The lowest BCUT2D eigenvalue weighted by molar-refractivity contribution is -0.384. The summed E-state index contributed by atoms with van der Waals surface area (Å²) >= 11 is 5.68. The predicted octanol–water partition coefficient (Wildman–Crippen LogP) is 4.16. The molecule has 192 valence electrons. The van der Waals surface area contributed by atoms with E-state index in [-0.39, 0.29) is 0 Å². The number of rotatable bonds is 5. The number of esters is 2. The van der Waals surface area contributed by atoms with E-state index in [0.717, 1.165) is 14.2 Å². The second-order valence-corrected chi connectivity index (χ2v) is 7.82. The molecule has 0 aromatic heterocycles. The van der Waals surface area contributed by atoms with Crippen molar-refractivity contribution in [3.05, 3.63) is 91.4 Å². The van der Waals surface area contributed by atoms with Gasteiger partial charge in [0.05, 0.1) is 52.9 Å². The van der Waals surface area contributed by atoms with Crippen molar-refractivity contribution in [2.24, 2.45) is 5.73 Å². The highest BCUT2D eigenvalue weighted by atomic mass is 35.5. The number of hydrogen-bond acceptors (Lipinski definition) is 9. The van der Waals surface area contributed by atoms with E-state index in [9.17, 15) is 38.1 Å². The first kappa shape index (κ1) is 27.0. The summed E-state index contributed by atoms with van der Waals surface area (Å²) in [5, 5.41) is 20.8. The van der Waals surface area contributed by atoms with Crippen LogP contribution in [0, 0.1) is 21.4 Å². The summed E-state index contributed by atoms with van der Waals surface area (Å²) in [6.07, 6.45) is -5.07. The van der Waals surface area contributed by atoms with Crippen LogP contribution in [0.2, 0.25) is 5.02 Å². The first-order valence-corrected chi connectivity index (χ1v) is 10.5. The number of benzene rings is 2. The fraction of sp³-hybridized carbons (Fsp3) is 0.174. The van der Waals surface area contributed by atoms with E-state index < -0.39 is 73.6 Å². The molecule has 14 heteroatoms. The van der Waals surface area contributed by atoms with Crippen LogP contribution in [0.4, 0.5) is 24.5 Å². The third kappa shape index (κ3) is 4.78. The molecule has 0 spiro atoms. The van der Waals surface area contributed by atoms with E-state index in [4.69, 9.17) is 26.8 Å². The van der Waals surface area contributed by atoms with Crippen molar-refractivity contribution < 1.29 is 37.2 Å². The minimum absolute atomic E-state index is 0.295. The van der Waals surface area contributed by atoms with Crippen molar-refractivity contribution in [2.75, 3.05) is 19.1 Å². The number of halogens is 4. The van der Waals surface area contributed by atoms with Crippen LogP contribution in [-0.2, 0) is 25.2 Å². The SMILES string of the molecule is COC(=O)C1=C(C(=O)OC)N(c2cc(C(F)(F)F)c(Cl)cc2[N+](=O)[O-])C(N)=C(C#N)C1c1ccccc1. The molecule has 1 unspecified atom stereocenters. The molecule has 0 aliphatic carbocycles. The number of nitro groups is 1. The molecule has 0 saturated heterocycles. The van der Waals surface area contributed by atoms with Gasteiger partial charge in [0.15, 0.2) is 0 Å². The van der Waals surface area contributed by atoms with E-state index in [1.165, 1.54) is 12.1 Å². The Morgan fingerprint density at radius 1 is 1.16 bits per heavy atom. The summed E-state index contributed by atoms with van der Waals surface area (Å²) in [5.41, 5.74) is 1.41. The molecule has 37 heavy (non-hydrogen) atoms. The summed E-state index contributed by atoms with van der Waals surface area (Å²) in [5.74, 6) is -4.42. The predicted molar refractivity (Wildman–Crippen MR) is 123 cm³/mol. The van der Waals surface area contributed by atoms with Crippen LogP contribution in [0.5, 0.6) is 0 Å². The van der Waals surface area contributed by atoms with E-state index in [0.29, 0.717) is 22.6 Å². The minimum Gasteiger partial charge on any atom is -0.466 e. The highest BCUT2D eigenvalue weighted by molar-refractivity contribution is 6.31. The fourth-order valence-electron chi connectivity index (χ4n) is 3.86. The van der Waals surface area contributed by atoms with Crippen molar-refractivity contribution in [1.82, 2.24) is 0 Å². The van der Waals surface area contributed by atoms with Gasteiger partial charge in [0, 0.05) is 6.07 Å². The van der Waals surface area contributed by atoms with Crippen molar-refractivity contribution >= 4 is 34.9 Å². The summed E-state index contributed by atoms with van der Waals surface area (Å²) in [6, 6.07) is 10.3.